The number of rotatable bonds is 6. The van der Waals surface area contributed by atoms with Crippen LogP contribution in [0.5, 0.6) is 0 Å². The fourth-order valence-electron chi connectivity index (χ4n) is 2.22. The monoisotopic (exact) mass is 291 g/mol. The number of hydrogen-bond acceptors (Lipinski definition) is 5. The van der Waals surface area contributed by atoms with Gasteiger partial charge in [0.25, 0.3) is 0 Å². The maximum absolute atomic E-state index is 6.10. The molecule has 0 bridgehead atoms. The fraction of sp³-hybridized carbons (Fsp3) is 0.600. The van der Waals surface area contributed by atoms with Crippen LogP contribution < -0.4 is 21.9 Å². The van der Waals surface area contributed by atoms with Gasteiger partial charge in [0.15, 0.2) is 11.6 Å². The van der Waals surface area contributed by atoms with Crippen LogP contribution in [0.15, 0.2) is 4.99 Å². The Hall–Kier alpha value is -1.82. The van der Waals surface area contributed by atoms with E-state index in [4.69, 9.17) is 10.5 Å². The lowest BCUT2D eigenvalue weighted by Gasteiger charge is -2.11. The molecule has 0 aromatic carbocycles. The zero-order valence-corrected chi connectivity index (χ0v) is 13.3. The smallest absolute Gasteiger partial charge is 0.154 e. The number of imidazole rings is 1. The molecule has 1 aromatic rings. The van der Waals surface area contributed by atoms with Crippen molar-refractivity contribution in [2.45, 2.75) is 40.7 Å². The van der Waals surface area contributed by atoms with Crippen LogP contribution in [0.25, 0.3) is 11.9 Å². The molecule has 0 aliphatic carbocycles. The fourth-order valence-corrected chi connectivity index (χ4v) is 2.22. The average molecular weight is 291 g/mol. The third-order valence-corrected chi connectivity index (χ3v) is 3.54. The van der Waals surface area contributed by atoms with E-state index in [2.05, 4.69) is 35.3 Å². The summed E-state index contributed by atoms with van der Waals surface area (Å²) in [7, 11) is 0. The summed E-state index contributed by atoms with van der Waals surface area (Å²) in [6.07, 6.45) is 3.18. The number of nitrogens with zero attached hydrogens (tertiary/aromatic N) is 3. The van der Waals surface area contributed by atoms with E-state index in [9.17, 15) is 0 Å². The van der Waals surface area contributed by atoms with Gasteiger partial charge in [0.05, 0.1) is 5.35 Å². The van der Waals surface area contributed by atoms with Crippen molar-refractivity contribution in [3.8, 4) is 0 Å². The van der Waals surface area contributed by atoms with Gasteiger partial charge < -0.3 is 15.9 Å². The van der Waals surface area contributed by atoms with Crippen LogP contribution in [-0.4, -0.2) is 28.5 Å². The molecule has 1 atom stereocenters. The summed E-state index contributed by atoms with van der Waals surface area (Å²) in [4.78, 5) is 9.08. The summed E-state index contributed by atoms with van der Waals surface area (Å²) in [5, 5.41) is 1.71. The summed E-state index contributed by atoms with van der Waals surface area (Å²) < 4.78 is 7.50. The van der Waals surface area contributed by atoms with Gasteiger partial charge in [-0.2, -0.15) is 0 Å². The highest BCUT2D eigenvalue weighted by atomic mass is 16.5. The standard InChI is InChI=1S/C15H25N5O/c1-5-7-17-20-12-8-10(3)11(4)18-15(16)14(12)19-13(20)9-21-6-2/h8,10,17H,5-7,9,16H2,1-4H3. The van der Waals surface area contributed by atoms with E-state index in [0.717, 1.165) is 35.2 Å². The van der Waals surface area contributed by atoms with Crippen LogP contribution in [0.3, 0.4) is 0 Å². The average Bonchev–Trinajstić information content (AvgIpc) is 2.75. The lowest BCUT2D eigenvalue weighted by molar-refractivity contribution is 0.126. The van der Waals surface area contributed by atoms with Gasteiger partial charge in [0, 0.05) is 24.8 Å². The molecule has 0 amide bonds. The first-order valence-corrected chi connectivity index (χ1v) is 7.54. The van der Waals surface area contributed by atoms with Crippen LogP contribution in [0.2, 0.25) is 0 Å². The number of nitrogens with two attached hydrogens (primary N) is 1. The Labute approximate surface area is 125 Å². The van der Waals surface area contributed by atoms with Crippen LogP contribution in [0, 0.1) is 5.92 Å². The van der Waals surface area contributed by atoms with Crippen molar-refractivity contribution in [2.24, 2.45) is 16.6 Å². The molecule has 0 radical (unpaired) electrons. The highest BCUT2D eigenvalue weighted by Gasteiger charge is 2.15. The van der Waals surface area contributed by atoms with E-state index >= 15 is 0 Å². The number of fused-ring (bicyclic) bond motifs is 1. The lowest BCUT2D eigenvalue weighted by atomic mass is 10.1. The van der Waals surface area contributed by atoms with E-state index < -0.39 is 0 Å². The molecule has 1 aliphatic heterocycles. The Bertz CT molecular complexity index is 644. The molecule has 1 unspecified atom stereocenters. The maximum Gasteiger partial charge on any atom is 0.154 e. The van der Waals surface area contributed by atoms with Crippen molar-refractivity contribution >= 4 is 17.6 Å². The third kappa shape index (κ3) is 3.26. The predicted octanol–water partition coefficient (Wildman–Crippen LogP) is 0.289. The number of aliphatic imine (C=N–C) groups is 1. The molecule has 6 nitrogen and oxygen atoms in total. The van der Waals surface area contributed by atoms with Crippen LogP contribution in [0.4, 0.5) is 0 Å². The number of aromatic nitrogens is 2. The third-order valence-electron chi connectivity index (χ3n) is 3.54. The zero-order chi connectivity index (χ0) is 15.4. The highest BCUT2D eigenvalue weighted by molar-refractivity contribution is 5.91. The minimum atomic E-state index is 0.226. The minimum absolute atomic E-state index is 0.226. The molecule has 0 saturated heterocycles. The maximum atomic E-state index is 6.10. The first-order valence-electron chi connectivity index (χ1n) is 7.54. The van der Waals surface area contributed by atoms with Crippen molar-refractivity contribution in [2.75, 3.05) is 18.6 Å². The number of hydrogen-bond donors (Lipinski definition) is 2. The molecule has 0 fully saturated rings. The second kappa shape index (κ2) is 6.76. The van der Waals surface area contributed by atoms with Gasteiger partial charge in [-0.3, -0.25) is 0 Å². The van der Waals surface area contributed by atoms with E-state index in [1.54, 1.807) is 0 Å². The molecule has 0 spiro atoms. The van der Waals surface area contributed by atoms with E-state index in [1.165, 1.54) is 0 Å². The molecule has 21 heavy (non-hydrogen) atoms. The van der Waals surface area contributed by atoms with E-state index in [1.807, 2.05) is 18.5 Å². The van der Waals surface area contributed by atoms with Crippen LogP contribution in [0.1, 0.15) is 39.9 Å². The SMILES string of the molecule is CCCNn1c(COCC)nc2c1=CC(C)C(C)=NC=2N. The van der Waals surface area contributed by atoms with E-state index in [-0.39, 0.29) is 5.92 Å². The second-order valence-corrected chi connectivity index (χ2v) is 5.24. The van der Waals surface area contributed by atoms with Gasteiger partial charge >= 0.3 is 0 Å². The predicted molar refractivity (Wildman–Crippen MR) is 85.7 cm³/mol. The van der Waals surface area contributed by atoms with Crippen molar-refractivity contribution in [1.29, 1.82) is 0 Å². The van der Waals surface area contributed by atoms with Gasteiger partial charge in [-0.1, -0.05) is 13.8 Å². The summed E-state index contributed by atoms with van der Waals surface area (Å²) in [6.45, 7) is 10.2. The molecule has 3 N–H and O–H groups in total. The van der Waals surface area contributed by atoms with Crippen molar-refractivity contribution in [1.82, 2.24) is 9.66 Å². The largest absolute Gasteiger partial charge is 0.382 e. The second-order valence-electron chi connectivity index (χ2n) is 5.24. The van der Waals surface area contributed by atoms with Gasteiger partial charge in [-0.25, -0.2) is 14.7 Å². The first-order chi connectivity index (χ1) is 10.1. The van der Waals surface area contributed by atoms with Crippen molar-refractivity contribution in [3.63, 3.8) is 0 Å². The Morgan fingerprint density at radius 1 is 1.43 bits per heavy atom. The molecule has 0 saturated carbocycles. The zero-order valence-electron chi connectivity index (χ0n) is 13.3. The molecule has 1 aromatic heterocycles. The summed E-state index contributed by atoms with van der Waals surface area (Å²) >= 11 is 0. The van der Waals surface area contributed by atoms with Gasteiger partial charge in [0.1, 0.15) is 12.0 Å². The molecule has 1 aliphatic rings. The molecule has 116 valence electrons. The van der Waals surface area contributed by atoms with E-state index in [0.29, 0.717) is 19.0 Å². The topological polar surface area (TPSA) is 77.5 Å². The summed E-state index contributed by atoms with van der Waals surface area (Å²) in [6, 6.07) is 0. The lowest BCUT2D eigenvalue weighted by Crippen LogP contribution is -2.38. The number of ether oxygens (including phenoxy) is 1. The summed E-state index contributed by atoms with van der Waals surface area (Å²) in [5.74, 6) is 1.53. The Balaban J connectivity index is 2.59. The Morgan fingerprint density at radius 3 is 2.86 bits per heavy atom. The van der Waals surface area contributed by atoms with Gasteiger partial charge in [-0.05, 0) is 26.3 Å². The Morgan fingerprint density at radius 2 is 2.19 bits per heavy atom. The highest BCUT2D eigenvalue weighted by Crippen LogP contribution is 2.05. The minimum Gasteiger partial charge on any atom is -0.382 e. The Kier molecular flexibility index (Phi) is 5.01. The van der Waals surface area contributed by atoms with Crippen LogP contribution in [-0.2, 0) is 11.3 Å². The van der Waals surface area contributed by atoms with Crippen molar-refractivity contribution in [3.05, 3.63) is 16.5 Å². The quantitative estimate of drug-likeness (QED) is 0.789. The van der Waals surface area contributed by atoms with Gasteiger partial charge in [-0.15, -0.1) is 0 Å². The van der Waals surface area contributed by atoms with Crippen LogP contribution >= 0.6 is 0 Å². The number of nitrogens with one attached hydrogen (secondary N) is 1. The van der Waals surface area contributed by atoms with Crippen molar-refractivity contribution < 1.29 is 4.74 Å². The summed E-state index contributed by atoms with van der Waals surface area (Å²) in [5.41, 5.74) is 10.5. The van der Waals surface area contributed by atoms with Gasteiger partial charge in [0.2, 0.25) is 0 Å². The normalized spacial score (nSPS) is 17.8. The molecule has 2 rings (SSSR count). The first kappa shape index (κ1) is 15.6. The molecule has 2 heterocycles. The molecular weight excluding hydrogens is 266 g/mol. The molecule has 6 heteroatoms. The molecular formula is C15H25N5O.